The number of nitrogen functional groups attached to an aromatic ring is 1. The fourth-order valence-electron chi connectivity index (χ4n) is 3.23. The first kappa shape index (κ1) is 14.4. The van der Waals surface area contributed by atoms with Crippen molar-refractivity contribution in [3.63, 3.8) is 0 Å². The summed E-state index contributed by atoms with van der Waals surface area (Å²) in [4.78, 5) is 0. The van der Waals surface area contributed by atoms with Crippen LogP contribution in [0.1, 0.15) is 32.6 Å². The molecule has 0 spiro atoms. The fourth-order valence-corrected chi connectivity index (χ4v) is 3.97. The van der Waals surface area contributed by atoms with Crippen molar-refractivity contribution in [1.82, 2.24) is 4.37 Å². The third kappa shape index (κ3) is 3.21. The summed E-state index contributed by atoms with van der Waals surface area (Å²) >= 11 is 1.47. The molecular weight excluding hydrogens is 278 g/mol. The highest BCUT2D eigenvalue weighted by Crippen LogP contribution is 2.37. The lowest BCUT2D eigenvalue weighted by Gasteiger charge is -2.29. The Kier molecular flexibility index (Phi) is 4.44. The molecule has 1 aromatic carbocycles. The van der Waals surface area contributed by atoms with Crippen molar-refractivity contribution < 1.29 is 0 Å². The van der Waals surface area contributed by atoms with Crippen LogP contribution in [0.2, 0.25) is 0 Å². The molecule has 1 aliphatic carbocycles. The number of hydrogen-bond acceptors (Lipinski definition) is 4. The van der Waals surface area contributed by atoms with Gasteiger partial charge in [0.1, 0.15) is 10.8 Å². The zero-order chi connectivity index (χ0) is 14.7. The third-order valence-electron chi connectivity index (χ3n) is 4.59. The number of aromatic nitrogens is 1. The predicted octanol–water partition coefficient (Wildman–Crippen LogP) is 4.63. The number of nitrogens with zero attached hydrogens (tertiary/aromatic N) is 1. The highest BCUT2D eigenvalue weighted by Gasteiger charge is 2.22. The second-order valence-corrected chi connectivity index (χ2v) is 6.81. The number of nitrogens with one attached hydrogen (secondary N) is 1. The van der Waals surface area contributed by atoms with Gasteiger partial charge in [0.15, 0.2) is 0 Å². The van der Waals surface area contributed by atoms with Crippen LogP contribution in [-0.2, 0) is 0 Å². The Morgan fingerprint density at radius 2 is 2.00 bits per heavy atom. The Hall–Kier alpha value is -1.55. The zero-order valence-corrected chi connectivity index (χ0v) is 13.3. The van der Waals surface area contributed by atoms with Gasteiger partial charge in [0.25, 0.3) is 0 Å². The van der Waals surface area contributed by atoms with Gasteiger partial charge < -0.3 is 11.1 Å². The van der Waals surface area contributed by atoms with Crippen molar-refractivity contribution in [2.24, 2.45) is 11.8 Å². The van der Waals surface area contributed by atoms with Gasteiger partial charge in [-0.05, 0) is 35.4 Å². The van der Waals surface area contributed by atoms with Gasteiger partial charge in [-0.2, -0.15) is 4.37 Å². The lowest BCUT2D eigenvalue weighted by atomic mass is 9.80. The number of nitrogens with two attached hydrogens (primary N) is 1. The van der Waals surface area contributed by atoms with Gasteiger partial charge in [-0.3, -0.25) is 0 Å². The van der Waals surface area contributed by atoms with Gasteiger partial charge in [0.05, 0.1) is 5.56 Å². The minimum atomic E-state index is 0.630. The topological polar surface area (TPSA) is 50.9 Å². The van der Waals surface area contributed by atoms with Crippen LogP contribution < -0.4 is 11.1 Å². The van der Waals surface area contributed by atoms with Gasteiger partial charge in [0.2, 0.25) is 0 Å². The smallest absolute Gasteiger partial charge is 0.147 e. The number of anilines is 2. The van der Waals surface area contributed by atoms with Crippen molar-refractivity contribution in [1.29, 1.82) is 0 Å². The maximum absolute atomic E-state index is 6.07. The average Bonchev–Trinajstić information content (AvgIpc) is 2.88. The second kappa shape index (κ2) is 6.48. The van der Waals surface area contributed by atoms with E-state index in [4.69, 9.17) is 5.73 Å². The Bertz CT molecular complexity index is 579. The molecule has 0 amide bonds. The monoisotopic (exact) mass is 301 g/mol. The highest BCUT2D eigenvalue weighted by molar-refractivity contribution is 7.11. The van der Waals surface area contributed by atoms with E-state index in [0.29, 0.717) is 5.82 Å². The SMILES string of the molecule is CC1CCCCC1CNc1snc(N)c1-c1ccccc1. The van der Waals surface area contributed by atoms with E-state index in [-0.39, 0.29) is 0 Å². The first-order valence-electron chi connectivity index (χ1n) is 7.80. The zero-order valence-electron chi connectivity index (χ0n) is 12.5. The first-order chi connectivity index (χ1) is 10.3. The molecule has 0 saturated heterocycles. The highest BCUT2D eigenvalue weighted by atomic mass is 32.1. The van der Waals surface area contributed by atoms with E-state index >= 15 is 0 Å². The van der Waals surface area contributed by atoms with Crippen molar-refractivity contribution >= 4 is 22.4 Å². The summed E-state index contributed by atoms with van der Waals surface area (Å²) in [5.74, 6) is 2.22. The summed E-state index contributed by atoms with van der Waals surface area (Å²) in [5.41, 5.74) is 8.27. The van der Waals surface area contributed by atoms with Crippen LogP contribution >= 0.6 is 11.5 Å². The molecule has 1 saturated carbocycles. The molecule has 2 aromatic rings. The Labute approximate surface area is 130 Å². The number of hydrogen-bond donors (Lipinski definition) is 2. The summed E-state index contributed by atoms with van der Waals surface area (Å²) < 4.78 is 4.33. The summed E-state index contributed by atoms with van der Waals surface area (Å²) in [6, 6.07) is 10.3. The molecule has 1 aromatic heterocycles. The molecule has 1 heterocycles. The molecule has 112 valence electrons. The van der Waals surface area contributed by atoms with Gasteiger partial charge >= 0.3 is 0 Å². The molecule has 0 aliphatic heterocycles. The quantitative estimate of drug-likeness (QED) is 0.865. The van der Waals surface area contributed by atoms with Crippen LogP contribution in [0, 0.1) is 11.8 Å². The standard InChI is InChI=1S/C17H23N3S/c1-12-7-5-6-10-14(12)11-19-17-15(16(18)20-21-17)13-8-3-2-4-9-13/h2-4,8-9,12,14,19H,5-7,10-11H2,1H3,(H2,18,20). The molecule has 1 aliphatic rings. The molecule has 0 bridgehead atoms. The van der Waals surface area contributed by atoms with E-state index in [2.05, 4.69) is 28.7 Å². The van der Waals surface area contributed by atoms with E-state index in [0.717, 1.165) is 34.5 Å². The van der Waals surface area contributed by atoms with E-state index in [1.54, 1.807) is 0 Å². The Morgan fingerprint density at radius 1 is 1.24 bits per heavy atom. The molecule has 3 nitrogen and oxygen atoms in total. The summed E-state index contributed by atoms with van der Waals surface area (Å²) in [6.07, 6.45) is 5.46. The molecule has 2 unspecified atom stereocenters. The van der Waals surface area contributed by atoms with Crippen LogP contribution in [0.3, 0.4) is 0 Å². The van der Waals surface area contributed by atoms with Gasteiger partial charge in [-0.15, -0.1) is 0 Å². The Balaban J connectivity index is 1.74. The van der Waals surface area contributed by atoms with Crippen molar-refractivity contribution in [3.05, 3.63) is 30.3 Å². The predicted molar refractivity (Wildman–Crippen MR) is 91.6 cm³/mol. The number of benzene rings is 1. The molecule has 2 atom stereocenters. The summed E-state index contributed by atoms with van der Waals surface area (Å²) in [5, 5.41) is 4.72. The molecule has 21 heavy (non-hydrogen) atoms. The Morgan fingerprint density at radius 3 is 2.76 bits per heavy atom. The lowest BCUT2D eigenvalue weighted by Crippen LogP contribution is -2.24. The third-order valence-corrected chi connectivity index (χ3v) is 5.41. The summed E-state index contributed by atoms with van der Waals surface area (Å²) in [6.45, 7) is 3.41. The lowest BCUT2D eigenvalue weighted by molar-refractivity contribution is 0.269. The van der Waals surface area contributed by atoms with Crippen LogP contribution in [0.15, 0.2) is 30.3 Å². The van der Waals surface area contributed by atoms with Crippen LogP contribution in [-0.4, -0.2) is 10.9 Å². The van der Waals surface area contributed by atoms with Crippen LogP contribution in [0.4, 0.5) is 10.8 Å². The molecular formula is C17H23N3S. The normalized spacial score (nSPS) is 22.1. The molecule has 1 fully saturated rings. The second-order valence-electron chi connectivity index (χ2n) is 6.04. The van der Waals surface area contributed by atoms with E-state index in [1.165, 1.54) is 37.2 Å². The fraction of sp³-hybridized carbons (Fsp3) is 0.471. The van der Waals surface area contributed by atoms with Crippen molar-refractivity contribution in [3.8, 4) is 11.1 Å². The molecule has 0 radical (unpaired) electrons. The maximum Gasteiger partial charge on any atom is 0.147 e. The maximum atomic E-state index is 6.07. The van der Waals surface area contributed by atoms with E-state index < -0.39 is 0 Å². The number of rotatable bonds is 4. The first-order valence-corrected chi connectivity index (χ1v) is 8.57. The van der Waals surface area contributed by atoms with Crippen molar-refractivity contribution in [2.75, 3.05) is 17.6 Å². The van der Waals surface area contributed by atoms with E-state index in [9.17, 15) is 0 Å². The van der Waals surface area contributed by atoms with Gasteiger partial charge in [-0.1, -0.05) is 56.5 Å². The van der Waals surface area contributed by atoms with E-state index in [1.807, 2.05) is 18.2 Å². The summed E-state index contributed by atoms with van der Waals surface area (Å²) in [7, 11) is 0. The average molecular weight is 301 g/mol. The van der Waals surface area contributed by atoms with Crippen molar-refractivity contribution in [2.45, 2.75) is 32.6 Å². The minimum Gasteiger partial charge on any atom is -0.382 e. The molecule has 4 heteroatoms. The van der Waals surface area contributed by atoms with Crippen LogP contribution in [0.25, 0.3) is 11.1 Å². The minimum absolute atomic E-state index is 0.630. The van der Waals surface area contributed by atoms with Gasteiger partial charge in [-0.25, -0.2) is 0 Å². The van der Waals surface area contributed by atoms with Gasteiger partial charge in [0, 0.05) is 6.54 Å². The molecule has 3 N–H and O–H groups in total. The van der Waals surface area contributed by atoms with Crippen LogP contribution in [0.5, 0.6) is 0 Å². The molecule has 3 rings (SSSR count). The largest absolute Gasteiger partial charge is 0.382 e.